The molecule has 12 atom stereocenters. The molecular formula is C50H64N4O13. The second kappa shape index (κ2) is 16.4. The van der Waals surface area contributed by atoms with Crippen LogP contribution in [0.4, 0.5) is 5.95 Å². The van der Waals surface area contributed by atoms with E-state index in [9.17, 15) is 15.0 Å². The monoisotopic (exact) mass is 928 g/mol. The van der Waals surface area contributed by atoms with E-state index >= 15 is 9.59 Å². The van der Waals surface area contributed by atoms with E-state index in [0.717, 1.165) is 5.57 Å². The van der Waals surface area contributed by atoms with Crippen LogP contribution in [-0.2, 0) is 39.7 Å². The van der Waals surface area contributed by atoms with Crippen molar-refractivity contribution in [1.29, 1.82) is 0 Å². The Balaban J connectivity index is 1.30. The van der Waals surface area contributed by atoms with Gasteiger partial charge in [-0.25, -0.2) is 14.5 Å². The van der Waals surface area contributed by atoms with E-state index in [1.807, 2.05) is 66.7 Å². The van der Waals surface area contributed by atoms with Crippen molar-refractivity contribution >= 4 is 29.6 Å². The molecule has 3 saturated carbocycles. The number of nitrogens with zero attached hydrogens (tertiary/aromatic N) is 3. The number of nitrogens with two attached hydrogens (primary N) is 1. The highest BCUT2D eigenvalue weighted by molar-refractivity contribution is 6.10. The van der Waals surface area contributed by atoms with E-state index in [4.69, 9.17) is 43.6 Å². The molecule has 17 nitrogen and oxygen atoms in total. The third-order valence-electron chi connectivity index (χ3n) is 14.9. The molecule has 2 aromatic rings. The predicted octanol–water partition coefficient (Wildman–Crippen LogP) is 5.70. The van der Waals surface area contributed by atoms with Crippen molar-refractivity contribution in [3.63, 3.8) is 0 Å². The minimum absolute atomic E-state index is 0.00582. The number of aliphatic hydroxyl groups is 2. The number of benzene rings is 1. The van der Waals surface area contributed by atoms with Gasteiger partial charge < -0.3 is 53.8 Å². The van der Waals surface area contributed by atoms with Gasteiger partial charge in [-0.1, -0.05) is 29.4 Å². The van der Waals surface area contributed by atoms with Crippen LogP contribution in [0.3, 0.4) is 0 Å². The summed E-state index contributed by atoms with van der Waals surface area (Å²) in [6.07, 6.45) is 6.30. The average molecular weight is 929 g/mol. The van der Waals surface area contributed by atoms with Crippen molar-refractivity contribution < 1.29 is 62.5 Å². The summed E-state index contributed by atoms with van der Waals surface area (Å²) in [5, 5.41) is 27.9. The van der Waals surface area contributed by atoms with Crippen LogP contribution in [0.2, 0.25) is 0 Å². The highest BCUT2D eigenvalue weighted by Crippen LogP contribution is 2.72. The second-order valence-corrected chi connectivity index (χ2v) is 20.9. The lowest BCUT2D eigenvalue weighted by Gasteiger charge is -2.62. The first-order valence-electron chi connectivity index (χ1n) is 23.3. The minimum atomic E-state index is -1.79. The summed E-state index contributed by atoms with van der Waals surface area (Å²) in [6.45, 7) is 18.9. The van der Waals surface area contributed by atoms with Crippen LogP contribution in [0.1, 0.15) is 122 Å². The topological polar surface area (TPSA) is 222 Å². The van der Waals surface area contributed by atoms with Crippen molar-refractivity contribution in [3.8, 4) is 17.2 Å². The van der Waals surface area contributed by atoms with Gasteiger partial charge in [-0.15, -0.1) is 5.10 Å². The van der Waals surface area contributed by atoms with Crippen LogP contribution in [-0.4, -0.2) is 115 Å². The number of rotatable bonds is 11. The number of Topliss-reactive ketones (excluding diaryl/α,β-unsaturated/α-hetero) is 2. The van der Waals surface area contributed by atoms with Gasteiger partial charge in [0.1, 0.15) is 59.2 Å². The maximum atomic E-state index is 16.5. The first-order chi connectivity index (χ1) is 31.5. The van der Waals surface area contributed by atoms with Crippen LogP contribution in [0.5, 0.6) is 17.2 Å². The molecule has 3 saturated heterocycles. The first kappa shape index (κ1) is 47.2. The zero-order valence-corrected chi connectivity index (χ0v) is 40.2. The Hall–Kier alpha value is -4.91. The fraction of sp³-hybridized carbons (Fsp3) is 0.620. The van der Waals surface area contributed by atoms with Gasteiger partial charge in [0.2, 0.25) is 12.2 Å². The maximum Gasteiger partial charge on any atom is 0.333 e. The molecule has 1 aromatic carbocycles. The summed E-state index contributed by atoms with van der Waals surface area (Å²) in [5.74, 6) is -4.48. The standard InChI is InChI=1S/C50H64N4O13/c1-24(2)13-12-18-48(10)19-17-28-38(65-48)27(15-14-25(3)4)40-32(39(28)63-44-37(57)36(56)41-30(62-44)22-61-47(8,9)64-41)35(55)33-34(54-23-52-45(51)53-54)29-21-31-46(6,7)67-49(42(29)58,50(31,33)66-40)20-16-26(5)43(59)60-11/h13-14,16-17,19,23,29-31,33-34,36-37,41,44,56-57H,12,15,18,20-22H2,1-11H3,(H2,51,53)/t29?,30-,31?,33?,34?,36-,37-,41-,44+,48?,49?,50?/m1/s1. The number of esters is 1. The zero-order chi connectivity index (χ0) is 48.3. The number of carbonyl (C=O) groups excluding carboxylic acids is 3. The van der Waals surface area contributed by atoms with Crippen LogP contribution in [0, 0.1) is 17.8 Å². The molecule has 3 aliphatic carbocycles. The molecule has 10 rings (SSSR count). The molecule has 1 aromatic heterocycles. The molecule has 17 heteroatoms. The van der Waals surface area contributed by atoms with Gasteiger partial charge in [-0.3, -0.25) is 9.59 Å². The Morgan fingerprint density at radius 1 is 1.00 bits per heavy atom. The average Bonchev–Trinajstić information content (AvgIpc) is 3.75. The molecular weight excluding hydrogens is 865 g/mol. The Kier molecular flexibility index (Phi) is 11.5. The minimum Gasteiger partial charge on any atom is -0.482 e. The fourth-order valence-electron chi connectivity index (χ4n) is 11.8. The number of methoxy groups -OCH3 is 1. The maximum absolute atomic E-state index is 16.5. The smallest absolute Gasteiger partial charge is 0.333 e. The summed E-state index contributed by atoms with van der Waals surface area (Å²) in [7, 11) is 1.28. The number of anilines is 1. The Morgan fingerprint density at radius 2 is 1.73 bits per heavy atom. The first-order valence-corrected chi connectivity index (χ1v) is 23.3. The summed E-state index contributed by atoms with van der Waals surface area (Å²) in [5.41, 5.74) is 4.16. The lowest BCUT2D eigenvalue weighted by molar-refractivity contribution is -0.373. The largest absolute Gasteiger partial charge is 0.482 e. The normalized spacial score (nSPS) is 36.1. The SMILES string of the molecule is COC(=O)C(C)=CCC12OC(C)(C)C3CC(C1=O)C(n1cnc(N)n1)C1C(=O)c4c(O[C@@H]5O[C@@H]6COC(C)(C)O[C@H]6[C@H](O)[C@H]5O)c5c(c(CC=C(C)C)c4OC132)OC(C)(CCC=C(C)C)C=C5. The van der Waals surface area contributed by atoms with Gasteiger partial charge in [0.15, 0.2) is 28.6 Å². The molecule has 67 heavy (non-hydrogen) atoms. The molecule has 6 fully saturated rings. The third kappa shape index (κ3) is 7.37. The molecule has 0 amide bonds. The van der Waals surface area contributed by atoms with E-state index in [1.54, 1.807) is 26.8 Å². The fourth-order valence-corrected chi connectivity index (χ4v) is 11.8. The van der Waals surface area contributed by atoms with Crippen molar-refractivity contribution in [2.75, 3.05) is 19.5 Å². The molecule has 5 aliphatic heterocycles. The van der Waals surface area contributed by atoms with Gasteiger partial charge >= 0.3 is 5.97 Å². The van der Waals surface area contributed by atoms with E-state index in [1.165, 1.54) is 23.7 Å². The number of aromatic nitrogens is 3. The summed E-state index contributed by atoms with van der Waals surface area (Å²) in [6, 6.07) is -0.945. The number of ketones is 2. The number of hydrogen-bond acceptors (Lipinski definition) is 16. The summed E-state index contributed by atoms with van der Waals surface area (Å²) >= 11 is 0. The van der Waals surface area contributed by atoms with Crippen molar-refractivity contribution in [3.05, 3.63) is 64.0 Å². The van der Waals surface area contributed by atoms with E-state index in [2.05, 4.69) is 16.2 Å². The molecule has 1 spiro atoms. The van der Waals surface area contributed by atoms with Gasteiger partial charge in [-0.2, -0.15) is 0 Å². The number of aliphatic hydroxyl groups excluding tert-OH is 2. The van der Waals surface area contributed by atoms with Crippen LogP contribution >= 0.6 is 0 Å². The summed E-state index contributed by atoms with van der Waals surface area (Å²) in [4.78, 5) is 49.2. The van der Waals surface area contributed by atoms with Crippen molar-refractivity contribution in [2.45, 2.75) is 166 Å². The molecule has 362 valence electrons. The molecule has 0 radical (unpaired) electrons. The third-order valence-corrected chi connectivity index (χ3v) is 14.9. The van der Waals surface area contributed by atoms with Crippen LogP contribution in [0.15, 0.2) is 47.4 Å². The van der Waals surface area contributed by atoms with E-state index in [0.29, 0.717) is 29.7 Å². The molecule has 4 N–H and O–H groups in total. The van der Waals surface area contributed by atoms with Gasteiger partial charge in [0.05, 0.1) is 36.8 Å². The lowest BCUT2D eigenvalue weighted by Crippen LogP contribution is -2.78. The molecule has 4 bridgehead atoms. The zero-order valence-electron chi connectivity index (χ0n) is 40.2. The highest BCUT2D eigenvalue weighted by atomic mass is 16.8. The number of ether oxygens (including phenoxy) is 8. The number of fused-ring (bicyclic) bond motifs is 3. The number of allylic oxidation sites excluding steroid dienone is 4. The number of carbonyl (C=O) groups is 3. The van der Waals surface area contributed by atoms with Crippen LogP contribution in [0.25, 0.3) is 6.08 Å². The van der Waals surface area contributed by atoms with E-state index < -0.39 is 94.4 Å². The van der Waals surface area contributed by atoms with Gasteiger partial charge in [-0.05, 0) is 107 Å². The quantitative estimate of drug-likeness (QED) is 0.140. The highest BCUT2D eigenvalue weighted by Gasteiger charge is 2.86. The number of hydrogen-bond donors (Lipinski definition) is 3. The van der Waals surface area contributed by atoms with Crippen molar-refractivity contribution in [1.82, 2.24) is 14.8 Å². The predicted molar refractivity (Wildman–Crippen MR) is 242 cm³/mol. The molecule has 7 unspecified atom stereocenters. The van der Waals surface area contributed by atoms with Gasteiger partial charge in [0.25, 0.3) is 0 Å². The van der Waals surface area contributed by atoms with Crippen LogP contribution < -0.4 is 19.9 Å². The lowest BCUT2D eigenvalue weighted by atomic mass is 9.45. The Bertz CT molecular complexity index is 2510. The van der Waals surface area contributed by atoms with Crippen molar-refractivity contribution in [2.24, 2.45) is 17.8 Å². The second-order valence-electron chi connectivity index (χ2n) is 20.9. The number of nitrogen functional groups attached to an aromatic ring is 1. The molecule has 6 heterocycles. The Labute approximate surface area is 390 Å². The summed E-state index contributed by atoms with van der Waals surface area (Å²) < 4.78 is 53.6. The Morgan fingerprint density at radius 3 is 2.40 bits per heavy atom. The molecule has 8 aliphatic rings. The van der Waals surface area contributed by atoms with E-state index in [-0.39, 0.29) is 60.2 Å². The van der Waals surface area contributed by atoms with Gasteiger partial charge in [0, 0.05) is 29.4 Å².